The highest BCUT2D eigenvalue weighted by Gasteiger charge is 2.54. The quantitative estimate of drug-likeness (QED) is 0.594. The summed E-state index contributed by atoms with van der Waals surface area (Å²) < 4.78 is 27.1. The topological polar surface area (TPSA) is 0 Å². The van der Waals surface area contributed by atoms with Crippen LogP contribution in [0.25, 0.3) is 0 Å². The van der Waals surface area contributed by atoms with Gasteiger partial charge in [-0.2, -0.15) is 0 Å². The number of hydrogen-bond acceptors (Lipinski definition) is 0. The fourth-order valence-corrected chi connectivity index (χ4v) is 10.1. The Morgan fingerprint density at radius 3 is 0.909 bits per heavy atom. The van der Waals surface area contributed by atoms with E-state index in [4.69, 9.17) is 0 Å². The molecular weight excluding hydrogens is 178 g/mol. The van der Waals surface area contributed by atoms with Crippen molar-refractivity contribution in [3.8, 4) is 0 Å². The molecule has 11 heavy (non-hydrogen) atoms. The molecule has 0 aliphatic carbocycles. The van der Waals surface area contributed by atoms with Gasteiger partial charge in [-0.3, -0.25) is 0 Å². The van der Waals surface area contributed by atoms with E-state index in [-0.39, 0.29) is 0 Å². The molecule has 0 aromatic heterocycles. The van der Waals surface area contributed by atoms with E-state index >= 15 is 0 Å². The minimum atomic E-state index is -2.35. The van der Waals surface area contributed by atoms with E-state index in [1.807, 2.05) is 0 Å². The average Bonchev–Trinajstić information content (AvgIpc) is 1.58. The van der Waals surface area contributed by atoms with Crippen molar-refractivity contribution in [3.05, 3.63) is 0 Å². The molecule has 0 saturated heterocycles. The first-order chi connectivity index (χ1) is 4.50. The molecule has 0 N–H and O–H groups in total. The van der Waals surface area contributed by atoms with Crippen LogP contribution in [-0.4, -0.2) is 21.3 Å². The first kappa shape index (κ1) is 11.3. The van der Waals surface area contributed by atoms with Gasteiger partial charge in [-0.15, -0.1) is 0 Å². The third-order valence-corrected chi connectivity index (χ3v) is 10.2. The second-order valence-electron chi connectivity index (χ2n) is 5.07. The van der Waals surface area contributed by atoms with Crippen LogP contribution in [0.4, 0.5) is 8.78 Å². The van der Waals surface area contributed by atoms with E-state index in [1.54, 1.807) is 39.3 Å². The van der Waals surface area contributed by atoms with Crippen LogP contribution in [0, 0.1) is 0 Å². The molecule has 0 aromatic rings. The summed E-state index contributed by atoms with van der Waals surface area (Å²) in [4.78, 5) is 0. The first-order valence-corrected chi connectivity index (χ1v) is 10.9. The summed E-state index contributed by atoms with van der Waals surface area (Å²) in [5.41, 5.74) is 0. The third-order valence-electron chi connectivity index (χ3n) is 1.88. The number of alkyl halides is 2. The molecular formula is C7H18F2Si2. The van der Waals surface area contributed by atoms with Crippen molar-refractivity contribution in [3.63, 3.8) is 0 Å². The van der Waals surface area contributed by atoms with Gasteiger partial charge in [0.1, 0.15) is 16.1 Å². The van der Waals surface area contributed by atoms with Crippen molar-refractivity contribution in [2.75, 3.05) is 0 Å². The van der Waals surface area contributed by atoms with Crippen LogP contribution >= 0.6 is 0 Å². The lowest BCUT2D eigenvalue weighted by atomic mass is 11.5. The van der Waals surface area contributed by atoms with Crippen molar-refractivity contribution in [1.29, 1.82) is 0 Å². The molecule has 0 amide bonds. The lowest BCUT2D eigenvalue weighted by Gasteiger charge is -2.37. The lowest BCUT2D eigenvalue weighted by molar-refractivity contribution is 0.163. The Balaban J connectivity index is 4.75. The smallest absolute Gasteiger partial charge is 0.212 e. The fraction of sp³-hybridized carbons (Fsp3) is 1.00. The van der Waals surface area contributed by atoms with E-state index < -0.39 is 21.3 Å². The molecule has 4 heteroatoms. The average molecular weight is 196 g/mol. The molecule has 0 atom stereocenters. The SMILES string of the molecule is C[Si](C)(C)C(F)(F)[Si](C)(C)C. The van der Waals surface area contributed by atoms with Crippen molar-refractivity contribution in [1.82, 2.24) is 0 Å². The minimum Gasteiger partial charge on any atom is -0.217 e. The van der Waals surface area contributed by atoms with E-state index in [2.05, 4.69) is 0 Å². The standard InChI is InChI=1S/C7H18F2Si2/c1-10(2,3)7(8,9)11(4,5)6/h1-6H3. The molecule has 0 rings (SSSR count). The van der Waals surface area contributed by atoms with Gasteiger partial charge < -0.3 is 0 Å². The Bertz CT molecular complexity index is 126. The van der Waals surface area contributed by atoms with Crippen LogP contribution in [0.2, 0.25) is 39.3 Å². The van der Waals surface area contributed by atoms with Gasteiger partial charge in [0, 0.05) is 0 Å². The maximum absolute atomic E-state index is 13.6. The Hall–Kier alpha value is 0.294. The predicted molar refractivity (Wildman–Crippen MR) is 51.6 cm³/mol. The highest BCUT2D eigenvalue weighted by molar-refractivity contribution is 6.97. The van der Waals surface area contributed by atoms with Gasteiger partial charge in [-0.25, -0.2) is 8.78 Å². The van der Waals surface area contributed by atoms with E-state index in [0.29, 0.717) is 0 Å². The second kappa shape index (κ2) is 2.66. The Morgan fingerprint density at radius 2 is 0.909 bits per heavy atom. The summed E-state index contributed by atoms with van der Waals surface area (Å²) >= 11 is 0. The zero-order chi connectivity index (χ0) is 9.50. The molecule has 0 aliphatic heterocycles. The van der Waals surface area contributed by atoms with Crippen LogP contribution in [-0.2, 0) is 0 Å². The summed E-state index contributed by atoms with van der Waals surface area (Å²) in [5, 5.41) is -2.35. The fourth-order valence-electron chi connectivity index (χ4n) is 1.12. The third kappa shape index (κ3) is 2.12. The van der Waals surface area contributed by atoms with E-state index in [9.17, 15) is 8.78 Å². The molecule has 0 bridgehead atoms. The molecule has 0 saturated carbocycles. The summed E-state index contributed by atoms with van der Waals surface area (Å²) in [6.07, 6.45) is 0. The second-order valence-corrected chi connectivity index (χ2v) is 15.8. The largest absolute Gasteiger partial charge is 0.217 e. The Kier molecular flexibility index (Phi) is 2.73. The summed E-state index contributed by atoms with van der Waals surface area (Å²) in [6.45, 7) is 10.4. The van der Waals surface area contributed by atoms with Crippen molar-refractivity contribution in [2.45, 2.75) is 44.5 Å². The van der Waals surface area contributed by atoms with Crippen LogP contribution in [0.1, 0.15) is 0 Å². The van der Waals surface area contributed by atoms with E-state index in [0.717, 1.165) is 0 Å². The molecule has 0 unspecified atom stereocenters. The van der Waals surface area contributed by atoms with Crippen molar-refractivity contribution in [2.24, 2.45) is 0 Å². The molecule has 68 valence electrons. The van der Waals surface area contributed by atoms with E-state index in [1.165, 1.54) is 0 Å². The summed E-state index contributed by atoms with van der Waals surface area (Å²) in [6, 6.07) is 0. The van der Waals surface area contributed by atoms with Gasteiger partial charge in [0.15, 0.2) is 0 Å². The maximum Gasteiger partial charge on any atom is 0.212 e. The van der Waals surface area contributed by atoms with Gasteiger partial charge in [-0.05, 0) is 0 Å². The number of hydrogen-bond donors (Lipinski definition) is 0. The Labute approximate surface area is 70.0 Å². The predicted octanol–water partition coefficient (Wildman–Crippen LogP) is 3.38. The van der Waals surface area contributed by atoms with Crippen LogP contribution < -0.4 is 0 Å². The minimum absolute atomic E-state index is 1.74. The van der Waals surface area contributed by atoms with Crippen molar-refractivity contribution < 1.29 is 8.78 Å². The van der Waals surface area contributed by atoms with Gasteiger partial charge in [0.2, 0.25) is 5.17 Å². The maximum atomic E-state index is 13.6. The highest BCUT2D eigenvalue weighted by atomic mass is 28.4. The molecule has 0 nitrogen and oxygen atoms in total. The van der Waals surface area contributed by atoms with Gasteiger partial charge in [-0.1, -0.05) is 39.3 Å². The number of halogens is 2. The lowest BCUT2D eigenvalue weighted by Crippen LogP contribution is -2.60. The Morgan fingerprint density at radius 1 is 0.727 bits per heavy atom. The normalized spacial score (nSPS) is 15.3. The molecule has 0 spiro atoms. The summed E-state index contributed by atoms with van der Waals surface area (Å²) in [7, 11) is -4.58. The van der Waals surface area contributed by atoms with Crippen LogP contribution in [0.15, 0.2) is 0 Å². The van der Waals surface area contributed by atoms with Crippen molar-refractivity contribution >= 4 is 16.1 Å². The van der Waals surface area contributed by atoms with Gasteiger partial charge >= 0.3 is 0 Å². The first-order valence-electron chi connectivity index (χ1n) is 3.88. The van der Waals surface area contributed by atoms with Gasteiger partial charge in [0.25, 0.3) is 0 Å². The zero-order valence-corrected chi connectivity index (χ0v) is 10.3. The molecule has 0 radical (unpaired) electrons. The molecule has 0 fully saturated rings. The zero-order valence-electron chi connectivity index (χ0n) is 8.26. The highest BCUT2D eigenvalue weighted by Crippen LogP contribution is 2.35. The summed E-state index contributed by atoms with van der Waals surface area (Å²) in [5.74, 6) is 0. The molecule has 0 heterocycles. The monoisotopic (exact) mass is 196 g/mol. The molecule has 0 aromatic carbocycles. The molecule has 0 aliphatic rings. The van der Waals surface area contributed by atoms with Crippen LogP contribution in [0.5, 0.6) is 0 Å². The number of rotatable bonds is 2. The van der Waals surface area contributed by atoms with Gasteiger partial charge in [0.05, 0.1) is 0 Å². The van der Waals surface area contributed by atoms with Crippen LogP contribution in [0.3, 0.4) is 0 Å².